The fourth-order valence-corrected chi connectivity index (χ4v) is 3.18. The highest BCUT2D eigenvalue weighted by Crippen LogP contribution is 2.43. The zero-order valence-electron chi connectivity index (χ0n) is 14.2. The first-order valence-corrected chi connectivity index (χ1v) is 9.14. The topological polar surface area (TPSA) is 29.1 Å². The van der Waals surface area contributed by atoms with Gasteiger partial charge in [0.25, 0.3) is 0 Å². The smallest absolute Gasteiger partial charge is 0.227 e. The van der Waals surface area contributed by atoms with Gasteiger partial charge in [0.05, 0.1) is 0 Å². The molecule has 1 aliphatic rings. The Morgan fingerprint density at radius 2 is 1.91 bits per heavy atom. The third-order valence-corrected chi connectivity index (χ3v) is 4.79. The van der Waals surface area contributed by atoms with Gasteiger partial charge in [-0.2, -0.15) is 0 Å². The number of carbonyl (C=O) groups excluding carboxylic acids is 1. The molecule has 2 nitrogen and oxygen atoms in total. The summed E-state index contributed by atoms with van der Waals surface area (Å²) in [5.41, 5.74) is 2.23. The van der Waals surface area contributed by atoms with Crippen LogP contribution in [0.3, 0.4) is 0 Å². The molecule has 0 saturated heterocycles. The molecular weight excluding hydrogens is 270 g/mol. The van der Waals surface area contributed by atoms with Crippen molar-refractivity contribution in [3.8, 4) is 0 Å². The summed E-state index contributed by atoms with van der Waals surface area (Å²) < 4.78 is 0. The number of hydrogen-bond acceptors (Lipinski definition) is 1. The molecular formula is C20H31NO. The molecule has 1 fully saturated rings. The Balaban J connectivity index is 1.63. The van der Waals surface area contributed by atoms with Crippen LogP contribution in [-0.4, -0.2) is 5.91 Å². The zero-order valence-corrected chi connectivity index (χ0v) is 14.2. The largest absolute Gasteiger partial charge is 0.326 e. The normalized spacial score (nSPS) is 19.9. The Morgan fingerprint density at radius 1 is 1.14 bits per heavy atom. The predicted molar refractivity (Wildman–Crippen MR) is 94.0 cm³/mol. The number of nitrogens with one attached hydrogen (secondary N) is 1. The van der Waals surface area contributed by atoms with Gasteiger partial charge < -0.3 is 5.32 Å². The summed E-state index contributed by atoms with van der Waals surface area (Å²) in [5.74, 6) is 1.13. The Morgan fingerprint density at radius 3 is 2.68 bits per heavy atom. The molecule has 122 valence electrons. The maximum atomic E-state index is 12.2. The third-order valence-electron chi connectivity index (χ3n) is 4.79. The molecule has 0 unspecified atom stereocenters. The van der Waals surface area contributed by atoms with E-state index in [2.05, 4.69) is 31.3 Å². The summed E-state index contributed by atoms with van der Waals surface area (Å²) in [6.45, 7) is 4.39. The quantitative estimate of drug-likeness (QED) is 0.562. The molecule has 2 rings (SSSR count). The van der Waals surface area contributed by atoms with Gasteiger partial charge in [-0.25, -0.2) is 0 Å². The van der Waals surface area contributed by atoms with Gasteiger partial charge in [-0.3, -0.25) is 4.79 Å². The maximum absolute atomic E-state index is 12.2. The van der Waals surface area contributed by atoms with Gasteiger partial charge >= 0.3 is 0 Å². The number of unbranched alkanes of at least 4 members (excludes halogenated alkanes) is 5. The molecule has 1 N–H and O–H groups in total. The van der Waals surface area contributed by atoms with Crippen LogP contribution in [0, 0.1) is 11.8 Å². The van der Waals surface area contributed by atoms with Crippen LogP contribution in [0.5, 0.6) is 0 Å². The van der Waals surface area contributed by atoms with Crippen molar-refractivity contribution in [2.45, 2.75) is 71.6 Å². The highest BCUT2D eigenvalue weighted by molar-refractivity contribution is 5.94. The fourth-order valence-electron chi connectivity index (χ4n) is 3.18. The second-order valence-corrected chi connectivity index (χ2v) is 6.70. The van der Waals surface area contributed by atoms with Gasteiger partial charge in [-0.1, -0.05) is 64.5 Å². The first-order valence-electron chi connectivity index (χ1n) is 9.14. The minimum absolute atomic E-state index is 0.226. The first kappa shape index (κ1) is 17.1. The minimum Gasteiger partial charge on any atom is -0.326 e. The van der Waals surface area contributed by atoms with Crippen LogP contribution >= 0.6 is 0 Å². The monoisotopic (exact) mass is 301 g/mol. The van der Waals surface area contributed by atoms with Crippen molar-refractivity contribution in [1.82, 2.24) is 0 Å². The summed E-state index contributed by atoms with van der Waals surface area (Å²) in [7, 11) is 0. The Kier molecular flexibility index (Phi) is 6.95. The molecule has 0 bridgehead atoms. The van der Waals surface area contributed by atoms with Crippen molar-refractivity contribution < 1.29 is 4.79 Å². The van der Waals surface area contributed by atoms with Crippen LogP contribution in [0.4, 0.5) is 5.69 Å². The van der Waals surface area contributed by atoms with E-state index in [0.717, 1.165) is 18.5 Å². The van der Waals surface area contributed by atoms with E-state index in [1.54, 1.807) is 0 Å². The molecule has 1 aromatic rings. The first-order chi connectivity index (χ1) is 10.7. The second-order valence-electron chi connectivity index (χ2n) is 6.70. The van der Waals surface area contributed by atoms with E-state index >= 15 is 0 Å². The molecule has 0 heterocycles. The Labute approximate surface area is 135 Å². The van der Waals surface area contributed by atoms with Gasteiger partial charge in [0.2, 0.25) is 5.91 Å². The molecule has 0 spiro atoms. The van der Waals surface area contributed by atoms with Crippen LogP contribution in [0.15, 0.2) is 24.3 Å². The number of benzene rings is 1. The van der Waals surface area contributed by atoms with E-state index in [-0.39, 0.29) is 11.8 Å². The van der Waals surface area contributed by atoms with Gasteiger partial charge in [-0.05, 0) is 42.9 Å². The van der Waals surface area contributed by atoms with E-state index in [9.17, 15) is 4.79 Å². The molecule has 0 radical (unpaired) electrons. The lowest BCUT2D eigenvalue weighted by atomic mass is 10.1. The third kappa shape index (κ3) is 5.47. The van der Waals surface area contributed by atoms with Crippen molar-refractivity contribution in [1.29, 1.82) is 0 Å². The average Bonchev–Trinajstić information content (AvgIpc) is 3.30. The van der Waals surface area contributed by atoms with E-state index in [0.29, 0.717) is 5.92 Å². The predicted octanol–water partition coefficient (Wildman–Crippen LogP) is 5.57. The van der Waals surface area contributed by atoms with E-state index in [1.807, 2.05) is 12.1 Å². The highest BCUT2D eigenvalue weighted by Gasteiger charge is 2.42. The standard InChI is InChI=1S/C20H31NO/c1-3-5-6-7-8-9-12-17-15-19(17)20(22)21-18-13-10-11-16(4-2)14-18/h10-11,13-14,17,19H,3-9,12,15H2,1-2H3,(H,21,22)/t17-,19-/m1/s1. The molecule has 0 aromatic heterocycles. The number of anilines is 1. The van der Waals surface area contributed by atoms with E-state index in [4.69, 9.17) is 0 Å². The lowest BCUT2D eigenvalue weighted by Gasteiger charge is -2.06. The van der Waals surface area contributed by atoms with Crippen LogP contribution in [0.2, 0.25) is 0 Å². The summed E-state index contributed by atoms with van der Waals surface area (Å²) in [6, 6.07) is 8.20. The summed E-state index contributed by atoms with van der Waals surface area (Å²) in [4.78, 5) is 12.2. The van der Waals surface area contributed by atoms with Crippen LogP contribution in [-0.2, 0) is 11.2 Å². The molecule has 0 aliphatic heterocycles. The average molecular weight is 301 g/mol. The van der Waals surface area contributed by atoms with Crippen molar-refractivity contribution in [2.24, 2.45) is 11.8 Å². The molecule has 1 saturated carbocycles. The molecule has 2 atom stereocenters. The van der Waals surface area contributed by atoms with Crippen LogP contribution < -0.4 is 5.32 Å². The molecule has 1 aliphatic carbocycles. The van der Waals surface area contributed by atoms with Crippen molar-refractivity contribution in [3.05, 3.63) is 29.8 Å². The number of amides is 1. The SMILES string of the molecule is CCCCCCCC[C@@H]1C[C@H]1C(=O)Nc1cccc(CC)c1. The van der Waals surface area contributed by atoms with Gasteiger partial charge in [0.1, 0.15) is 0 Å². The Hall–Kier alpha value is -1.31. The summed E-state index contributed by atoms with van der Waals surface area (Å²) in [5, 5.41) is 3.09. The number of carbonyl (C=O) groups is 1. The molecule has 2 heteroatoms. The number of hydrogen-bond donors (Lipinski definition) is 1. The molecule has 1 aromatic carbocycles. The highest BCUT2D eigenvalue weighted by atomic mass is 16.2. The Bertz CT molecular complexity index is 469. The summed E-state index contributed by atoms with van der Waals surface area (Å²) >= 11 is 0. The van der Waals surface area contributed by atoms with Crippen molar-refractivity contribution in [3.63, 3.8) is 0 Å². The lowest BCUT2D eigenvalue weighted by molar-refractivity contribution is -0.117. The minimum atomic E-state index is 0.226. The van der Waals surface area contributed by atoms with E-state index in [1.165, 1.54) is 50.5 Å². The van der Waals surface area contributed by atoms with Gasteiger partial charge in [0.15, 0.2) is 0 Å². The number of rotatable bonds is 10. The van der Waals surface area contributed by atoms with Crippen molar-refractivity contribution >= 4 is 11.6 Å². The maximum Gasteiger partial charge on any atom is 0.227 e. The second kappa shape index (κ2) is 8.97. The van der Waals surface area contributed by atoms with Crippen LogP contribution in [0.25, 0.3) is 0 Å². The van der Waals surface area contributed by atoms with Crippen LogP contribution in [0.1, 0.15) is 70.8 Å². The van der Waals surface area contributed by atoms with Gasteiger partial charge in [0, 0.05) is 11.6 Å². The zero-order chi connectivity index (χ0) is 15.8. The van der Waals surface area contributed by atoms with Gasteiger partial charge in [-0.15, -0.1) is 0 Å². The van der Waals surface area contributed by atoms with E-state index < -0.39 is 0 Å². The summed E-state index contributed by atoms with van der Waals surface area (Å²) in [6.07, 6.45) is 11.4. The molecule has 22 heavy (non-hydrogen) atoms. The van der Waals surface area contributed by atoms with Crippen molar-refractivity contribution in [2.75, 3.05) is 5.32 Å². The lowest BCUT2D eigenvalue weighted by Crippen LogP contribution is -2.14. The molecule has 1 amide bonds. The fraction of sp³-hybridized carbons (Fsp3) is 0.650. The number of aryl methyl sites for hydroxylation is 1.